The van der Waals surface area contributed by atoms with Gasteiger partial charge < -0.3 is 29.7 Å². The van der Waals surface area contributed by atoms with Crippen molar-refractivity contribution < 1.29 is 59.3 Å². The Hall–Kier alpha value is 0.670. The summed E-state index contributed by atoms with van der Waals surface area (Å²) in [5, 5.41) is 31.1. The van der Waals surface area contributed by atoms with Crippen molar-refractivity contribution in [2.75, 3.05) is 0 Å². The molecule has 0 N–H and O–H groups in total. The third kappa shape index (κ3) is 28.7. The van der Waals surface area contributed by atoms with Gasteiger partial charge in [0.05, 0.1) is 0 Å². The molecule has 32 heavy (non-hydrogen) atoms. The zero-order chi connectivity index (χ0) is 23.9. The summed E-state index contributed by atoms with van der Waals surface area (Å²) >= 11 is 0. The van der Waals surface area contributed by atoms with E-state index in [0.29, 0.717) is 0 Å². The molecule has 8 heteroatoms. The van der Waals surface area contributed by atoms with Crippen LogP contribution in [0.4, 0.5) is 0 Å². The molecule has 0 unspecified atom stereocenters. The van der Waals surface area contributed by atoms with E-state index in [0.717, 1.165) is 77.0 Å². The first-order valence-electron chi connectivity index (χ1n) is 11.8. The van der Waals surface area contributed by atoms with Gasteiger partial charge in [-0.3, -0.25) is 0 Å². The Bertz CT molecular complexity index is 355. The zero-order valence-corrected chi connectivity index (χ0v) is 26.1. The summed E-state index contributed by atoms with van der Waals surface area (Å²) in [5.74, 6) is -3.30. The molecule has 0 saturated carbocycles. The topological polar surface area (TPSA) is 120 Å². The molecule has 0 heterocycles. The molecule has 0 radical (unpaired) electrons. The fourth-order valence-electron chi connectivity index (χ4n) is 3.23. The Balaban J connectivity index is -0.000000110. The zero-order valence-electron chi connectivity index (χ0n) is 21.9. The van der Waals surface area contributed by atoms with Crippen LogP contribution in [0.2, 0.25) is 0 Å². The van der Waals surface area contributed by atoms with Gasteiger partial charge in [-0.25, -0.2) is 0 Å². The second-order valence-corrected chi connectivity index (χ2v) is 7.78. The van der Waals surface area contributed by atoms with Gasteiger partial charge in [0, 0.05) is 17.9 Å². The molecule has 0 atom stereocenters. The number of carboxylic acid groups (broad SMARTS) is 3. The van der Waals surface area contributed by atoms with Gasteiger partial charge >= 0.3 is 67.3 Å². The van der Waals surface area contributed by atoms with Crippen molar-refractivity contribution in [3.63, 3.8) is 0 Å². The average Bonchev–Trinajstić information content (AvgIpc) is 2.68. The maximum absolute atomic E-state index is 10.4. The standard InChI is InChI=1S/3C8H16O2.Ca.Na/c3*1-3-5-7(6-4-2)8(9)10;;/h3*7H,3-6H2,1-2H3,(H,9,10);;/q;;;+2;+1/p-3. The van der Waals surface area contributed by atoms with Crippen molar-refractivity contribution in [3.05, 3.63) is 0 Å². The third-order valence-electron chi connectivity index (χ3n) is 4.82. The molecule has 0 saturated heterocycles. The number of aliphatic carboxylic acids is 3. The van der Waals surface area contributed by atoms with Gasteiger partial charge in [-0.05, 0) is 56.3 Å². The van der Waals surface area contributed by atoms with E-state index in [1.807, 2.05) is 41.5 Å². The molecule has 0 aromatic heterocycles. The van der Waals surface area contributed by atoms with Crippen LogP contribution in [0, 0.1) is 17.8 Å². The molecule has 0 aliphatic carbocycles. The maximum atomic E-state index is 10.4. The Labute approximate surface area is 249 Å². The van der Waals surface area contributed by atoms with E-state index in [2.05, 4.69) is 0 Å². The van der Waals surface area contributed by atoms with Crippen LogP contribution in [0.25, 0.3) is 0 Å². The minimum absolute atomic E-state index is 0. The molecule has 0 amide bonds. The maximum Gasteiger partial charge on any atom is 2.00 e. The summed E-state index contributed by atoms with van der Waals surface area (Å²) in [5.41, 5.74) is 0. The Morgan fingerprint density at radius 2 is 0.594 bits per heavy atom. The minimum Gasteiger partial charge on any atom is -0.550 e. The summed E-state index contributed by atoms with van der Waals surface area (Å²) in [6, 6.07) is 0. The van der Waals surface area contributed by atoms with E-state index in [1.165, 1.54) is 0 Å². The monoisotopic (exact) mass is 492 g/mol. The number of carbonyl (C=O) groups excluding carboxylic acids is 3. The van der Waals surface area contributed by atoms with Gasteiger partial charge in [0.1, 0.15) is 0 Å². The Morgan fingerprint density at radius 1 is 0.469 bits per heavy atom. The van der Waals surface area contributed by atoms with Gasteiger partial charge in [-0.15, -0.1) is 0 Å². The predicted molar refractivity (Wildman–Crippen MR) is 121 cm³/mol. The summed E-state index contributed by atoms with van der Waals surface area (Å²) in [6.07, 6.45) is 10.1. The van der Waals surface area contributed by atoms with E-state index >= 15 is 0 Å². The molecule has 6 nitrogen and oxygen atoms in total. The fraction of sp³-hybridized carbons (Fsp3) is 0.875. The van der Waals surface area contributed by atoms with Crippen LogP contribution in [0.3, 0.4) is 0 Å². The van der Waals surface area contributed by atoms with Crippen molar-refractivity contribution in [3.8, 4) is 0 Å². The molecular weight excluding hydrogens is 447 g/mol. The first-order valence-corrected chi connectivity index (χ1v) is 11.8. The fourth-order valence-corrected chi connectivity index (χ4v) is 3.23. The second-order valence-electron chi connectivity index (χ2n) is 7.78. The second kappa shape index (κ2) is 31.7. The normalized spacial score (nSPS) is 9.66. The quantitative estimate of drug-likeness (QED) is 0.284. The van der Waals surface area contributed by atoms with Crippen LogP contribution in [0.5, 0.6) is 0 Å². The SMILES string of the molecule is CCCC(CCC)C(=O)[O-].CCCC(CCC)C(=O)[O-].CCCC(CCC)C(=O)[O-].[Ca+2].[Na+]. The number of hydrogen-bond acceptors (Lipinski definition) is 6. The first kappa shape index (κ1) is 42.8. The van der Waals surface area contributed by atoms with Crippen LogP contribution in [-0.2, 0) is 14.4 Å². The first-order chi connectivity index (χ1) is 14.2. The summed E-state index contributed by atoms with van der Waals surface area (Å²) < 4.78 is 0. The van der Waals surface area contributed by atoms with E-state index < -0.39 is 17.9 Å². The molecule has 0 aromatic rings. The molecule has 0 fully saturated rings. The van der Waals surface area contributed by atoms with Gasteiger partial charge in [0.2, 0.25) is 0 Å². The van der Waals surface area contributed by atoms with Crippen LogP contribution in [0.15, 0.2) is 0 Å². The van der Waals surface area contributed by atoms with Crippen molar-refractivity contribution in [1.82, 2.24) is 0 Å². The van der Waals surface area contributed by atoms with E-state index in [4.69, 9.17) is 0 Å². The van der Waals surface area contributed by atoms with E-state index in [-0.39, 0.29) is 85.0 Å². The van der Waals surface area contributed by atoms with Gasteiger partial charge in [-0.1, -0.05) is 80.1 Å². The number of carbonyl (C=O) groups is 3. The Kier molecular flexibility index (Phi) is 42.4. The smallest absolute Gasteiger partial charge is 0.550 e. The molecule has 0 spiro atoms. The molecule has 0 bridgehead atoms. The number of hydrogen-bond donors (Lipinski definition) is 0. The largest absolute Gasteiger partial charge is 2.00 e. The third-order valence-corrected chi connectivity index (χ3v) is 4.82. The molecular formula is C24H45CaNaO6. The summed E-state index contributed by atoms with van der Waals surface area (Å²) in [4.78, 5) is 31.1. The van der Waals surface area contributed by atoms with Gasteiger partial charge in [0.25, 0.3) is 0 Å². The molecule has 180 valence electrons. The van der Waals surface area contributed by atoms with Crippen molar-refractivity contribution in [2.45, 2.75) is 119 Å². The molecule has 0 rings (SSSR count). The van der Waals surface area contributed by atoms with Crippen LogP contribution in [0.1, 0.15) is 119 Å². The van der Waals surface area contributed by atoms with E-state index in [9.17, 15) is 29.7 Å². The van der Waals surface area contributed by atoms with Crippen LogP contribution < -0.4 is 44.9 Å². The van der Waals surface area contributed by atoms with Crippen molar-refractivity contribution >= 4 is 55.6 Å². The summed E-state index contributed by atoms with van der Waals surface area (Å²) in [7, 11) is 0. The van der Waals surface area contributed by atoms with E-state index in [1.54, 1.807) is 0 Å². The summed E-state index contributed by atoms with van der Waals surface area (Å²) in [6.45, 7) is 12.0. The van der Waals surface area contributed by atoms with Crippen molar-refractivity contribution in [2.24, 2.45) is 17.8 Å². The molecule has 0 aliphatic rings. The Morgan fingerprint density at radius 3 is 0.656 bits per heavy atom. The van der Waals surface area contributed by atoms with Crippen molar-refractivity contribution in [1.29, 1.82) is 0 Å². The van der Waals surface area contributed by atoms with Gasteiger partial charge in [-0.2, -0.15) is 0 Å². The number of carboxylic acids is 3. The molecule has 0 aliphatic heterocycles. The van der Waals surface area contributed by atoms with Crippen LogP contribution >= 0.6 is 0 Å². The average molecular weight is 493 g/mol. The number of rotatable bonds is 15. The predicted octanol–water partition coefficient (Wildman–Crippen LogP) is -0.519. The molecule has 0 aromatic carbocycles. The minimum atomic E-state index is -0.885. The van der Waals surface area contributed by atoms with Gasteiger partial charge in [0.15, 0.2) is 0 Å². The van der Waals surface area contributed by atoms with Crippen LogP contribution in [-0.4, -0.2) is 55.6 Å².